The number of allylic oxidation sites excluding steroid dienone is 3. The molecule has 5 aliphatic rings. The first-order valence-electron chi connectivity index (χ1n) is 17.4. The minimum atomic E-state index is -0.655. The molecule has 7 nitrogen and oxygen atoms in total. The van der Waals surface area contributed by atoms with E-state index in [0.29, 0.717) is 29.5 Å². The number of carbonyl (C=O) groups excluding carboxylic acids is 1. The Kier molecular flexibility index (Phi) is 7.65. The molecular formula is C39H55N3O4. The highest BCUT2D eigenvalue weighted by Gasteiger charge is 2.69. The third kappa shape index (κ3) is 4.69. The largest absolute Gasteiger partial charge is 0.481 e. The van der Waals surface area contributed by atoms with Gasteiger partial charge in [0, 0.05) is 16.7 Å². The Morgan fingerprint density at radius 2 is 1.65 bits per heavy atom. The zero-order valence-corrected chi connectivity index (χ0v) is 29.0. The van der Waals surface area contributed by atoms with Gasteiger partial charge in [0.15, 0.2) is 0 Å². The quantitative estimate of drug-likeness (QED) is 0.248. The van der Waals surface area contributed by atoms with E-state index in [1.807, 2.05) is 30.3 Å². The molecule has 0 heterocycles. The Morgan fingerprint density at radius 3 is 2.33 bits per heavy atom. The van der Waals surface area contributed by atoms with E-state index in [4.69, 9.17) is 10.5 Å². The van der Waals surface area contributed by atoms with Gasteiger partial charge in [-0.2, -0.15) is 0 Å². The summed E-state index contributed by atoms with van der Waals surface area (Å²) in [6.45, 7) is 16.5. The summed E-state index contributed by atoms with van der Waals surface area (Å²) in [6, 6.07) is 9.54. The molecule has 250 valence electrons. The minimum absolute atomic E-state index is 0.0217. The summed E-state index contributed by atoms with van der Waals surface area (Å²) < 4.78 is 5.48. The standard InChI is InChI=1S/C39H55N3O4/c1-34(2)17-19-39(32(43)44)20-18-37(6)26(27(39)22-34)13-14-29-36(5)21-25(30(40)35(3,4)28(36)15-16-38(29,37)7)31(41)42-33(45)46-23-24-11-9-8-10-12-24/h8-13,27-29,40H,14-23,41H2,1-7H3,(H,42,45)(H,43,44)/b31-25+,40-30?/t27?,28?,29?,36-,37+,38+,39-/m0/s1. The molecule has 46 heavy (non-hydrogen) atoms. The Balaban J connectivity index is 1.34. The number of hydrogen-bond acceptors (Lipinski definition) is 5. The van der Waals surface area contributed by atoms with E-state index in [0.717, 1.165) is 56.9 Å². The number of alkyl carbamates (subject to hydrolysis) is 1. The molecule has 4 fully saturated rings. The first-order chi connectivity index (χ1) is 21.4. The van der Waals surface area contributed by atoms with E-state index in [2.05, 4.69) is 59.9 Å². The Labute approximate surface area is 275 Å². The maximum absolute atomic E-state index is 13.0. The van der Waals surface area contributed by atoms with Crippen molar-refractivity contribution in [1.82, 2.24) is 5.32 Å². The van der Waals surface area contributed by atoms with E-state index in [9.17, 15) is 20.1 Å². The summed E-state index contributed by atoms with van der Waals surface area (Å²) in [5.41, 5.74) is 8.95. The first-order valence-corrected chi connectivity index (χ1v) is 17.4. The molecule has 1 amide bonds. The van der Waals surface area contributed by atoms with E-state index in [1.54, 1.807) is 0 Å². The molecule has 0 bridgehead atoms. The second-order valence-electron chi connectivity index (χ2n) is 17.5. The molecule has 5 N–H and O–H groups in total. The van der Waals surface area contributed by atoms with E-state index in [-0.39, 0.29) is 40.0 Å². The van der Waals surface area contributed by atoms with Crippen molar-refractivity contribution in [2.45, 2.75) is 113 Å². The van der Waals surface area contributed by atoms with Crippen LogP contribution in [0.1, 0.15) is 112 Å². The van der Waals surface area contributed by atoms with Crippen LogP contribution in [-0.4, -0.2) is 22.9 Å². The Bertz CT molecular complexity index is 1510. The normalized spacial score (nSPS) is 40.2. The Hall–Kier alpha value is -3.09. The summed E-state index contributed by atoms with van der Waals surface area (Å²) in [5.74, 6) is 0.313. The molecule has 6 rings (SSSR count). The molecule has 1 aromatic rings. The van der Waals surface area contributed by atoms with Crippen LogP contribution in [0.5, 0.6) is 0 Å². The molecule has 0 spiro atoms. The molecular weight excluding hydrogens is 574 g/mol. The zero-order chi connectivity index (χ0) is 33.5. The van der Waals surface area contributed by atoms with Crippen molar-refractivity contribution in [2.75, 3.05) is 0 Å². The van der Waals surface area contributed by atoms with Gasteiger partial charge in [0.25, 0.3) is 0 Å². The number of carboxylic acids is 1. The van der Waals surface area contributed by atoms with Crippen LogP contribution in [0.2, 0.25) is 0 Å². The number of aliphatic carboxylic acids is 1. The summed E-state index contributed by atoms with van der Waals surface area (Å²) in [7, 11) is 0. The lowest BCUT2D eigenvalue weighted by Gasteiger charge is -2.70. The number of nitrogens with two attached hydrogens (primary N) is 1. The number of fused-ring (bicyclic) bond motifs is 7. The van der Waals surface area contributed by atoms with Crippen molar-refractivity contribution >= 4 is 17.8 Å². The second-order valence-corrected chi connectivity index (χ2v) is 17.5. The van der Waals surface area contributed by atoms with Crippen molar-refractivity contribution in [2.24, 2.45) is 56.0 Å². The number of hydrogen-bond donors (Lipinski definition) is 4. The molecule has 0 saturated heterocycles. The molecule has 0 radical (unpaired) electrons. The van der Waals surface area contributed by atoms with Crippen molar-refractivity contribution in [1.29, 1.82) is 5.41 Å². The molecule has 5 aliphatic carbocycles. The number of nitrogens with one attached hydrogen (secondary N) is 2. The lowest BCUT2D eigenvalue weighted by atomic mass is 9.33. The molecule has 0 aromatic heterocycles. The van der Waals surface area contributed by atoms with Crippen molar-refractivity contribution in [3.63, 3.8) is 0 Å². The minimum Gasteiger partial charge on any atom is -0.481 e. The number of carboxylic acid groups (broad SMARTS) is 1. The number of ether oxygens (including phenoxy) is 1. The monoisotopic (exact) mass is 629 g/mol. The van der Waals surface area contributed by atoms with Gasteiger partial charge in [-0.15, -0.1) is 0 Å². The number of benzene rings is 1. The average Bonchev–Trinajstić information content (AvgIpc) is 2.98. The van der Waals surface area contributed by atoms with Crippen molar-refractivity contribution < 1.29 is 19.4 Å². The summed E-state index contributed by atoms with van der Waals surface area (Å²) >= 11 is 0. The zero-order valence-electron chi connectivity index (χ0n) is 29.0. The smallest absolute Gasteiger partial charge is 0.413 e. The van der Waals surface area contributed by atoms with Crippen LogP contribution in [0.15, 0.2) is 53.4 Å². The van der Waals surface area contributed by atoms with Gasteiger partial charge in [-0.05, 0) is 103 Å². The average molecular weight is 630 g/mol. The van der Waals surface area contributed by atoms with Gasteiger partial charge in [-0.3, -0.25) is 10.1 Å². The van der Waals surface area contributed by atoms with Gasteiger partial charge >= 0.3 is 12.1 Å². The number of amides is 1. The molecule has 7 heteroatoms. The lowest BCUT2D eigenvalue weighted by molar-refractivity contribution is -0.177. The fourth-order valence-corrected chi connectivity index (χ4v) is 11.6. The van der Waals surface area contributed by atoms with Crippen LogP contribution >= 0.6 is 0 Å². The number of rotatable bonds is 4. The third-order valence-electron chi connectivity index (χ3n) is 14.5. The molecule has 4 saturated carbocycles. The van der Waals surface area contributed by atoms with Crippen LogP contribution in [-0.2, 0) is 16.1 Å². The van der Waals surface area contributed by atoms with Crippen LogP contribution in [0.4, 0.5) is 4.79 Å². The molecule has 3 unspecified atom stereocenters. The summed E-state index contributed by atoms with van der Waals surface area (Å²) in [5, 5.41) is 22.8. The molecule has 1 aromatic carbocycles. The maximum Gasteiger partial charge on any atom is 0.413 e. The fourth-order valence-electron chi connectivity index (χ4n) is 11.6. The summed E-state index contributed by atoms with van der Waals surface area (Å²) in [6.07, 6.45) is 9.77. The van der Waals surface area contributed by atoms with Crippen molar-refractivity contribution in [3.05, 3.63) is 58.9 Å². The van der Waals surface area contributed by atoms with E-state index < -0.39 is 22.9 Å². The highest BCUT2D eigenvalue weighted by molar-refractivity contribution is 6.03. The molecule has 0 aliphatic heterocycles. The van der Waals surface area contributed by atoms with Gasteiger partial charge in [-0.1, -0.05) is 90.4 Å². The predicted molar refractivity (Wildman–Crippen MR) is 181 cm³/mol. The van der Waals surface area contributed by atoms with Crippen LogP contribution in [0, 0.1) is 55.7 Å². The van der Waals surface area contributed by atoms with Gasteiger partial charge in [0.1, 0.15) is 12.4 Å². The van der Waals surface area contributed by atoms with Gasteiger partial charge in [0.2, 0.25) is 0 Å². The van der Waals surface area contributed by atoms with Gasteiger partial charge in [-0.25, -0.2) is 4.79 Å². The van der Waals surface area contributed by atoms with Gasteiger partial charge in [0.05, 0.1) is 5.41 Å². The van der Waals surface area contributed by atoms with E-state index >= 15 is 0 Å². The van der Waals surface area contributed by atoms with Crippen LogP contribution in [0.3, 0.4) is 0 Å². The topological polar surface area (TPSA) is 126 Å². The predicted octanol–water partition coefficient (Wildman–Crippen LogP) is 8.60. The maximum atomic E-state index is 13.0. The lowest BCUT2D eigenvalue weighted by Crippen LogP contribution is -2.65. The molecule has 7 atom stereocenters. The first kappa shape index (κ1) is 32.8. The third-order valence-corrected chi connectivity index (χ3v) is 14.5. The van der Waals surface area contributed by atoms with Gasteiger partial charge < -0.3 is 21.0 Å². The van der Waals surface area contributed by atoms with Crippen molar-refractivity contribution in [3.8, 4) is 0 Å². The van der Waals surface area contributed by atoms with E-state index in [1.165, 1.54) is 5.57 Å². The summed E-state index contributed by atoms with van der Waals surface area (Å²) in [4.78, 5) is 25.8. The number of carbonyl (C=O) groups is 2. The Morgan fingerprint density at radius 1 is 0.978 bits per heavy atom. The highest BCUT2D eigenvalue weighted by Crippen LogP contribution is 2.75. The van der Waals surface area contributed by atoms with Crippen LogP contribution < -0.4 is 11.1 Å². The highest BCUT2D eigenvalue weighted by atomic mass is 16.5. The SMILES string of the molecule is CC1(C)CC[C@]2(C(=O)O)CC[C@]3(C)C(=CCC4[C@@]5(C)C/C(=C(/N)NC(=O)OCc6ccccc6)C(=N)C(C)(C)C5CC[C@]43C)C2C1. The second kappa shape index (κ2) is 10.7. The fraction of sp³-hybridized carbons (Fsp3) is 0.667. The van der Waals surface area contributed by atoms with Crippen LogP contribution in [0.25, 0.3) is 0 Å².